The number of carbonyl (C=O) groups excluding carboxylic acids is 1. The van der Waals surface area contributed by atoms with Gasteiger partial charge in [-0.15, -0.1) is 15.3 Å². The molecule has 2 aromatic heterocycles. The molecule has 13 heteroatoms. The fourth-order valence-electron chi connectivity index (χ4n) is 5.01. The fourth-order valence-corrected chi connectivity index (χ4v) is 7.26. The first kappa shape index (κ1) is 26.6. The van der Waals surface area contributed by atoms with E-state index in [9.17, 15) is 13.6 Å². The smallest absolute Gasteiger partial charge is 0.226 e. The molecule has 0 unspecified atom stereocenters. The number of nitrogens with zero attached hydrogens (tertiary/aromatic N) is 6. The summed E-state index contributed by atoms with van der Waals surface area (Å²) in [6.45, 7) is 5.39. The van der Waals surface area contributed by atoms with Gasteiger partial charge in [0.05, 0.1) is 0 Å². The van der Waals surface area contributed by atoms with Crippen LogP contribution in [0.25, 0.3) is 0 Å². The molecule has 2 radical (unpaired) electrons. The number of piperidine rings is 1. The molecule has 2 N–H and O–H groups in total. The number of carbonyl (C=O) groups is 1. The molecule has 4 heterocycles. The number of aromatic nitrogens is 4. The second-order valence-corrected chi connectivity index (χ2v) is 12.6. The van der Waals surface area contributed by atoms with Gasteiger partial charge < -0.3 is 20.1 Å². The second kappa shape index (κ2) is 12.2. The number of benzene rings is 1. The SMILES string of the molecule is C[C@H]([Si]N1CCC[C@@H](CC(=O)Nc2nnc(N[C@@H]3CCN(c4cccnn4)C3)s2)C1)c1cc(F)cc(F)c1. The van der Waals surface area contributed by atoms with E-state index in [1.807, 2.05) is 19.1 Å². The van der Waals surface area contributed by atoms with Crippen LogP contribution < -0.4 is 15.5 Å². The fraction of sp³-hybridized carbons (Fsp3) is 0.480. The molecule has 9 nitrogen and oxygen atoms in total. The van der Waals surface area contributed by atoms with Gasteiger partial charge in [-0.1, -0.05) is 18.3 Å². The van der Waals surface area contributed by atoms with Crippen molar-refractivity contribution in [1.82, 2.24) is 25.0 Å². The van der Waals surface area contributed by atoms with Gasteiger partial charge in [0.1, 0.15) is 21.3 Å². The van der Waals surface area contributed by atoms with E-state index in [1.165, 1.54) is 23.5 Å². The third kappa shape index (κ3) is 7.08. The van der Waals surface area contributed by atoms with Crippen LogP contribution in [0.15, 0.2) is 36.5 Å². The van der Waals surface area contributed by atoms with Crippen molar-refractivity contribution in [3.05, 3.63) is 53.7 Å². The molecule has 0 bridgehead atoms. The minimum atomic E-state index is -0.549. The van der Waals surface area contributed by atoms with Crippen molar-refractivity contribution in [2.75, 3.05) is 41.7 Å². The van der Waals surface area contributed by atoms with Crippen LogP contribution in [0.2, 0.25) is 0 Å². The van der Waals surface area contributed by atoms with Crippen molar-refractivity contribution in [2.45, 2.75) is 44.2 Å². The van der Waals surface area contributed by atoms with Crippen LogP contribution in [0.1, 0.15) is 43.7 Å². The predicted octanol–water partition coefficient (Wildman–Crippen LogP) is 3.72. The summed E-state index contributed by atoms with van der Waals surface area (Å²) < 4.78 is 29.6. The van der Waals surface area contributed by atoms with Crippen LogP contribution in [-0.2, 0) is 4.79 Å². The third-order valence-electron chi connectivity index (χ3n) is 6.82. The molecule has 1 aromatic carbocycles. The molecule has 3 atom stereocenters. The lowest BCUT2D eigenvalue weighted by atomic mass is 9.96. The van der Waals surface area contributed by atoms with Crippen molar-refractivity contribution in [2.24, 2.45) is 5.92 Å². The molecule has 3 aromatic rings. The number of amides is 1. The molecule has 0 spiro atoms. The average molecular weight is 557 g/mol. The third-order valence-corrected chi connectivity index (χ3v) is 9.09. The van der Waals surface area contributed by atoms with Gasteiger partial charge in [-0.3, -0.25) is 4.79 Å². The van der Waals surface area contributed by atoms with E-state index in [4.69, 9.17) is 0 Å². The molecular formula is C25H30F2N8OSSi. The Morgan fingerprint density at radius 1 is 1.13 bits per heavy atom. The van der Waals surface area contributed by atoms with Gasteiger partial charge in [0, 0.05) is 37.8 Å². The summed E-state index contributed by atoms with van der Waals surface area (Å²) in [5, 5.41) is 23.9. The minimum Gasteiger partial charge on any atom is -0.355 e. The molecular weight excluding hydrogens is 526 g/mol. The zero-order valence-corrected chi connectivity index (χ0v) is 22.9. The predicted molar refractivity (Wildman–Crippen MR) is 144 cm³/mol. The van der Waals surface area contributed by atoms with Crippen molar-refractivity contribution >= 4 is 43.0 Å². The lowest BCUT2D eigenvalue weighted by Gasteiger charge is -2.33. The van der Waals surface area contributed by atoms with E-state index in [2.05, 4.69) is 40.5 Å². The Balaban J connectivity index is 1.07. The van der Waals surface area contributed by atoms with Crippen LogP contribution in [0.3, 0.4) is 0 Å². The first-order chi connectivity index (χ1) is 18.4. The van der Waals surface area contributed by atoms with Crippen LogP contribution in [0.5, 0.6) is 0 Å². The van der Waals surface area contributed by atoms with Gasteiger partial charge in [-0.25, -0.2) is 8.78 Å². The van der Waals surface area contributed by atoms with E-state index in [1.54, 1.807) is 6.20 Å². The zero-order valence-electron chi connectivity index (χ0n) is 21.1. The van der Waals surface area contributed by atoms with Crippen molar-refractivity contribution < 1.29 is 13.6 Å². The molecule has 0 aliphatic carbocycles. The van der Waals surface area contributed by atoms with E-state index < -0.39 is 11.6 Å². The number of hydrogen-bond acceptors (Lipinski definition) is 9. The summed E-state index contributed by atoms with van der Waals surface area (Å²) in [4.78, 5) is 14.9. The highest BCUT2D eigenvalue weighted by Crippen LogP contribution is 2.26. The summed E-state index contributed by atoms with van der Waals surface area (Å²) >= 11 is 1.33. The van der Waals surface area contributed by atoms with Crippen LogP contribution in [0, 0.1) is 17.6 Å². The lowest BCUT2D eigenvalue weighted by Crippen LogP contribution is -2.41. The standard InChI is InChI=1S/C25H30F2N8OSSi/c1-16(18-11-19(26)13-20(27)12-18)38-35-8-3-4-17(14-35)10-23(36)30-25-33-32-24(37-25)29-21-6-9-34(15-21)22-5-2-7-28-31-22/h2,5,7,11-13,16-17,21H,3-4,6,8-10,14-15H2,1H3,(H,29,32)(H,30,33,36)/t16-,17-,21+/m0/s1. The number of halogens is 2. The Labute approximate surface area is 227 Å². The molecule has 2 aliphatic heterocycles. The van der Waals surface area contributed by atoms with Gasteiger partial charge in [0.25, 0.3) is 0 Å². The van der Waals surface area contributed by atoms with Crippen LogP contribution in [0.4, 0.5) is 24.9 Å². The molecule has 2 aliphatic rings. The largest absolute Gasteiger partial charge is 0.355 e. The molecule has 0 saturated carbocycles. The van der Waals surface area contributed by atoms with Gasteiger partial charge in [0.2, 0.25) is 16.2 Å². The maximum Gasteiger partial charge on any atom is 0.226 e. The molecule has 38 heavy (non-hydrogen) atoms. The Morgan fingerprint density at radius 2 is 1.95 bits per heavy atom. The molecule has 2 saturated heterocycles. The van der Waals surface area contributed by atoms with E-state index >= 15 is 0 Å². The van der Waals surface area contributed by atoms with Gasteiger partial charge in [-0.2, -0.15) is 5.10 Å². The van der Waals surface area contributed by atoms with Crippen molar-refractivity contribution in [3.63, 3.8) is 0 Å². The summed E-state index contributed by atoms with van der Waals surface area (Å²) in [5.74, 6) is -0.0815. The summed E-state index contributed by atoms with van der Waals surface area (Å²) in [6, 6.07) is 7.75. The monoisotopic (exact) mass is 556 g/mol. The lowest BCUT2D eigenvalue weighted by molar-refractivity contribution is -0.117. The quantitative estimate of drug-likeness (QED) is 0.385. The molecule has 5 rings (SSSR count). The average Bonchev–Trinajstić information content (AvgIpc) is 3.54. The number of rotatable bonds is 9. The Kier molecular flexibility index (Phi) is 8.54. The molecule has 200 valence electrons. The number of hydrogen-bond donors (Lipinski definition) is 2. The molecule has 2 fully saturated rings. The topological polar surface area (TPSA) is 99.2 Å². The highest BCUT2D eigenvalue weighted by molar-refractivity contribution is 7.19. The normalized spacial score (nSPS) is 20.9. The Hall–Kier alpha value is -3.03. The maximum atomic E-state index is 13.6. The first-order valence-electron chi connectivity index (χ1n) is 12.8. The van der Waals surface area contributed by atoms with Gasteiger partial charge in [-0.05, 0) is 73.6 Å². The first-order valence-corrected chi connectivity index (χ1v) is 14.6. The maximum absolute atomic E-state index is 13.6. The Bertz CT molecular complexity index is 1210. The van der Waals surface area contributed by atoms with Crippen molar-refractivity contribution in [3.8, 4) is 0 Å². The number of anilines is 3. The van der Waals surface area contributed by atoms with E-state index in [-0.39, 0.29) is 23.4 Å². The van der Waals surface area contributed by atoms with Crippen molar-refractivity contribution in [1.29, 1.82) is 0 Å². The summed E-state index contributed by atoms with van der Waals surface area (Å²) in [6.07, 6.45) is 4.99. The summed E-state index contributed by atoms with van der Waals surface area (Å²) in [7, 11) is 0.405. The van der Waals surface area contributed by atoms with E-state index in [0.29, 0.717) is 31.9 Å². The van der Waals surface area contributed by atoms with E-state index in [0.717, 1.165) is 57.3 Å². The van der Waals surface area contributed by atoms with Crippen LogP contribution in [-0.4, -0.2) is 72.8 Å². The molecule has 1 amide bonds. The zero-order chi connectivity index (χ0) is 26.5. The second-order valence-electron chi connectivity index (χ2n) is 9.83. The minimum absolute atomic E-state index is 0.0210. The number of nitrogens with one attached hydrogen (secondary N) is 2. The Morgan fingerprint density at radius 3 is 2.74 bits per heavy atom. The van der Waals surface area contributed by atoms with Gasteiger partial charge >= 0.3 is 0 Å². The van der Waals surface area contributed by atoms with Gasteiger partial charge in [0.15, 0.2) is 5.82 Å². The van der Waals surface area contributed by atoms with Crippen LogP contribution >= 0.6 is 11.3 Å². The summed E-state index contributed by atoms with van der Waals surface area (Å²) in [5.41, 5.74) is 0.688. The highest BCUT2D eigenvalue weighted by Gasteiger charge is 2.26. The highest BCUT2D eigenvalue weighted by atomic mass is 32.1.